The lowest BCUT2D eigenvalue weighted by atomic mass is 10.1. The van der Waals surface area contributed by atoms with Crippen LogP contribution in [-0.4, -0.2) is 26.1 Å². The van der Waals surface area contributed by atoms with E-state index in [0.29, 0.717) is 17.3 Å². The summed E-state index contributed by atoms with van der Waals surface area (Å²) < 4.78 is 2.72. The molecular weight excluding hydrogens is 370 g/mol. The summed E-state index contributed by atoms with van der Waals surface area (Å²) in [6.07, 6.45) is 2.22. The minimum atomic E-state index is -0.157. The number of anilines is 1. The van der Waals surface area contributed by atoms with E-state index in [1.165, 1.54) is 0 Å². The first-order chi connectivity index (χ1) is 11.7. The first-order valence-electron chi connectivity index (χ1n) is 7.66. The topological polar surface area (TPSA) is 72.7 Å². The van der Waals surface area contributed by atoms with Crippen LogP contribution in [0.1, 0.15) is 29.2 Å². The highest BCUT2D eigenvalue weighted by molar-refractivity contribution is 9.10. The first-order valence-corrected chi connectivity index (χ1v) is 8.45. The van der Waals surface area contributed by atoms with Crippen molar-refractivity contribution in [3.8, 4) is 11.4 Å². The number of rotatable bonds is 4. The van der Waals surface area contributed by atoms with E-state index >= 15 is 0 Å². The number of amides is 1. The Balaban J connectivity index is 1.58. The van der Waals surface area contributed by atoms with Gasteiger partial charge in [-0.3, -0.25) is 4.79 Å². The Morgan fingerprint density at radius 3 is 2.79 bits per heavy atom. The molecule has 1 aliphatic carbocycles. The van der Waals surface area contributed by atoms with Gasteiger partial charge in [-0.25, -0.2) is 4.68 Å². The Bertz CT molecular complexity index is 903. The summed E-state index contributed by atoms with van der Waals surface area (Å²) in [5.74, 6) is 0.575. The van der Waals surface area contributed by atoms with Crippen LogP contribution in [0.15, 0.2) is 53.0 Å². The molecular formula is C17H14BrN5O. The summed E-state index contributed by atoms with van der Waals surface area (Å²) in [7, 11) is 0. The molecule has 2 aromatic carbocycles. The van der Waals surface area contributed by atoms with Crippen LogP contribution in [0.3, 0.4) is 0 Å². The monoisotopic (exact) mass is 383 g/mol. The third-order valence-corrected chi connectivity index (χ3v) is 4.34. The highest BCUT2D eigenvalue weighted by Crippen LogP contribution is 2.36. The quantitative estimate of drug-likeness (QED) is 0.745. The van der Waals surface area contributed by atoms with Crippen LogP contribution in [0, 0.1) is 0 Å². The van der Waals surface area contributed by atoms with Gasteiger partial charge >= 0.3 is 0 Å². The molecule has 1 saturated carbocycles. The van der Waals surface area contributed by atoms with Gasteiger partial charge < -0.3 is 5.32 Å². The Morgan fingerprint density at radius 1 is 1.17 bits per heavy atom. The third-order valence-electron chi connectivity index (χ3n) is 3.85. The van der Waals surface area contributed by atoms with Gasteiger partial charge in [0.2, 0.25) is 0 Å². The maximum Gasteiger partial charge on any atom is 0.255 e. The molecule has 1 aliphatic rings. The normalized spacial score (nSPS) is 13.7. The highest BCUT2D eigenvalue weighted by Gasteiger charge is 2.28. The predicted octanol–water partition coefficient (Wildman–Crippen LogP) is 3.69. The van der Waals surface area contributed by atoms with Crippen molar-refractivity contribution in [1.29, 1.82) is 0 Å². The third kappa shape index (κ3) is 3.07. The maximum absolute atomic E-state index is 12.4. The van der Waals surface area contributed by atoms with Crippen LogP contribution in [0.25, 0.3) is 11.4 Å². The van der Waals surface area contributed by atoms with Crippen LogP contribution < -0.4 is 5.32 Å². The molecule has 4 rings (SSSR count). The molecule has 0 saturated heterocycles. The number of aromatic nitrogens is 4. The van der Waals surface area contributed by atoms with Crippen LogP contribution in [0.2, 0.25) is 0 Å². The Kier molecular flexibility index (Phi) is 3.86. The number of benzene rings is 2. The number of nitrogens with one attached hydrogen (secondary N) is 1. The molecule has 1 amide bonds. The number of carbonyl (C=O) groups is 1. The van der Waals surface area contributed by atoms with Crippen LogP contribution >= 0.6 is 15.9 Å². The van der Waals surface area contributed by atoms with E-state index in [2.05, 4.69) is 36.8 Å². The van der Waals surface area contributed by atoms with Gasteiger partial charge in [-0.15, -0.1) is 5.10 Å². The molecule has 1 fully saturated rings. The van der Waals surface area contributed by atoms with Crippen molar-refractivity contribution in [2.75, 3.05) is 5.32 Å². The number of halogens is 1. The number of hydrogen-bond donors (Lipinski definition) is 1. The van der Waals surface area contributed by atoms with Gasteiger partial charge in [-0.2, -0.15) is 0 Å². The molecule has 1 heterocycles. The van der Waals surface area contributed by atoms with Crippen molar-refractivity contribution in [1.82, 2.24) is 20.2 Å². The average molecular weight is 384 g/mol. The van der Waals surface area contributed by atoms with Crippen molar-refractivity contribution in [3.05, 3.63) is 58.6 Å². The van der Waals surface area contributed by atoms with Crippen molar-refractivity contribution in [2.24, 2.45) is 0 Å². The van der Waals surface area contributed by atoms with Crippen LogP contribution in [0.4, 0.5) is 5.69 Å². The first kappa shape index (κ1) is 15.0. The molecule has 0 spiro atoms. The zero-order chi connectivity index (χ0) is 16.5. The second-order valence-corrected chi connectivity index (χ2v) is 6.64. The SMILES string of the molecule is O=C(Nc1cccc(-c2nnnn2C2CC2)c1)c1cccc(Br)c1. The van der Waals surface area contributed by atoms with E-state index in [9.17, 15) is 4.79 Å². The van der Waals surface area contributed by atoms with E-state index in [4.69, 9.17) is 0 Å². The molecule has 120 valence electrons. The average Bonchev–Trinajstić information content (AvgIpc) is 3.32. The molecule has 0 bridgehead atoms. The summed E-state index contributed by atoms with van der Waals surface area (Å²) >= 11 is 3.38. The zero-order valence-corrected chi connectivity index (χ0v) is 14.3. The molecule has 0 radical (unpaired) electrons. The van der Waals surface area contributed by atoms with E-state index in [-0.39, 0.29) is 5.91 Å². The van der Waals surface area contributed by atoms with Crippen LogP contribution in [-0.2, 0) is 0 Å². The molecule has 1 N–H and O–H groups in total. The van der Waals surface area contributed by atoms with E-state index < -0.39 is 0 Å². The molecule has 7 heteroatoms. The molecule has 6 nitrogen and oxygen atoms in total. The van der Waals surface area contributed by atoms with E-state index in [1.54, 1.807) is 12.1 Å². The van der Waals surface area contributed by atoms with Crippen molar-refractivity contribution in [2.45, 2.75) is 18.9 Å². The van der Waals surface area contributed by atoms with Gasteiger partial charge in [0.25, 0.3) is 5.91 Å². The van der Waals surface area contributed by atoms with Crippen molar-refractivity contribution < 1.29 is 4.79 Å². The molecule has 0 atom stereocenters. The summed E-state index contributed by atoms with van der Waals surface area (Å²) in [6.45, 7) is 0. The predicted molar refractivity (Wildman–Crippen MR) is 93.6 cm³/mol. The molecule has 3 aromatic rings. The minimum absolute atomic E-state index is 0.157. The fourth-order valence-corrected chi connectivity index (χ4v) is 2.92. The smallest absolute Gasteiger partial charge is 0.255 e. The summed E-state index contributed by atoms with van der Waals surface area (Å²) in [4.78, 5) is 12.4. The van der Waals surface area contributed by atoms with Gasteiger partial charge in [0.05, 0.1) is 6.04 Å². The van der Waals surface area contributed by atoms with Gasteiger partial charge in [0.1, 0.15) is 0 Å². The molecule has 24 heavy (non-hydrogen) atoms. The Labute approximate surface area is 147 Å². The Morgan fingerprint density at radius 2 is 2.00 bits per heavy atom. The van der Waals surface area contributed by atoms with Gasteiger partial charge in [0.15, 0.2) is 5.82 Å². The van der Waals surface area contributed by atoms with Gasteiger partial charge in [0, 0.05) is 21.3 Å². The zero-order valence-electron chi connectivity index (χ0n) is 12.7. The number of carbonyl (C=O) groups excluding carboxylic acids is 1. The summed E-state index contributed by atoms with van der Waals surface area (Å²) in [6, 6.07) is 15.2. The summed E-state index contributed by atoms with van der Waals surface area (Å²) in [5, 5.41) is 14.9. The molecule has 0 unspecified atom stereocenters. The number of hydrogen-bond acceptors (Lipinski definition) is 4. The second kappa shape index (κ2) is 6.16. The summed E-state index contributed by atoms with van der Waals surface area (Å²) in [5.41, 5.74) is 2.19. The lowest BCUT2D eigenvalue weighted by molar-refractivity contribution is 0.102. The minimum Gasteiger partial charge on any atom is -0.322 e. The van der Waals surface area contributed by atoms with E-state index in [1.807, 2.05) is 41.1 Å². The highest BCUT2D eigenvalue weighted by atomic mass is 79.9. The lowest BCUT2D eigenvalue weighted by Gasteiger charge is -2.08. The fraction of sp³-hybridized carbons (Fsp3) is 0.176. The van der Waals surface area contributed by atoms with Crippen molar-refractivity contribution in [3.63, 3.8) is 0 Å². The lowest BCUT2D eigenvalue weighted by Crippen LogP contribution is -2.11. The standard InChI is InChI=1S/C17H14BrN5O/c18-13-5-1-4-12(9-13)17(24)19-14-6-2-3-11(10-14)16-20-21-22-23(16)15-7-8-15/h1-6,9-10,15H,7-8H2,(H,19,24). The number of nitrogens with zero attached hydrogens (tertiary/aromatic N) is 4. The molecule has 1 aromatic heterocycles. The van der Waals surface area contributed by atoms with Crippen LogP contribution in [0.5, 0.6) is 0 Å². The second-order valence-electron chi connectivity index (χ2n) is 5.72. The largest absolute Gasteiger partial charge is 0.322 e. The molecule has 0 aliphatic heterocycles. The van der Waals surface area contributed by atoms with Crippen molar-refractivity contribution >= 4 is 27.5 Å². The maximum atomic E-state index is 12.4. The van der Waals surface area contributed by atoms with Gasteiger partial charge in [-0.1, -0.05) is 34.1 Å². The van der Waals surface area contributed by atoms with E-state index in [0.717, 1.165) is 28.7 Å². The number of tetrazole rings is 1. The van der Waals surface area contributed by atoms with Gasteiger partial charge in [-0.05, 0) is 53.6 Å². The fourth-order valence-electron chi connectivity index (χ4n) is 2.52. The Hall–Kier alpha value is -2.54.